The second-order valence-electron chi connectivity index (χ2n) is 4.04. The fourth-order valence-electron chi connectivity index (χ4n) is 2.10. The van der Waals surface area contributed by atoms with E-state index in [1.54, 1.807) is 0 Å². The maximum Gasteiger partial charge on any atom is 0.123 e. The average molecular weight is 194 g/mol. The molecule has 1 fully saturated rings. The Hall–Kier alpha value is -0.930. The van der Waals surface area contributed by atoms with Crippen LogP contribution in [0.2, 0.25) is 0 Å². The zero-order chi connectivity index (χ0) is 10.1. The predicted octanol–water partition coefficient (Wildman–Crippen LogP) is 1.18. The molecule has 1 aromatic carbocycles. The Bertz CT molecular complexity index is 310. The normalized spacial score (nSPS) is 28.2. The van der Waals surface area contributed by atoms with Gasteiger partial charge in [-0.15, -0.1) is 0 Å². The van der Waals surface area contributed by atoms with E-state index in [2.05, 4.69) is 11.9 Å². The summed E-state index contributed by atoms with van der Waals surface area (Å²) in [6, 6.07) is 6.84. The lowest BCUT2D eigenvalue weighted by Gasteiger charge is -2.14. The first-order valence-corrected chi connectivity index (χ1v) is 4.86. The molecule has 0 aliphatic carbocycles. The third-order valence-corrected chi connectivity index (χ3v) is 2.85. The van der Waals surface area contributed by atoms with Gasteiger partial charge in [-0.05, 0) is 24.7 Å². The molecule has 14 heavy (non-hydrogen) atoms. The highest BCUT2D eigenvalue weighted by Crippen LogP contribution is 2.25. The van der Waals surface area contributed by atoms with E-state index >= 15 is 0 Å². The van der Waals surface area contributed by atoms with Gasteiger partial charge in [0.15, 0.2) is 0 Å². The van der Waals surface area contributed by atoms with Gasteiger partial charge in [-0.3, -0.25) is 0 Å². The summed E-state index contributed by atoms with van der Waals surface area (Å²) in [6.45, 7) is 1.88. The van der Waals surface area contributed by atoms with E-state index in [-0.39, 0.29) is 11.9 Å². The number of likely N-dealkylation sites (N-methyl/N-ethyl adjacent to an activating group) is 1. The van der Waals surface area contributed by atoms with Crippen LogP contribution in [0.1, 0.15) is 11.5 Å². The molecule has 2 nitrogen and oxygen atoms in total. The van der Waals surface area contributed by atoms with Crippen LogP contribution in [-0.4, -0.2) is 31.1 Å². The summed E-state index contributed by atoms with van der Waals surface area (Å²) in [5.74, 6) is 0.161. The second-order valence-corrected chi connectivity index (χ2v) is 4.04. The average Bonchev–Trinajstić information content (AvgIpc) is 2.47. The first-order valence-electron chi connectivity index (χ1n) is 4.86. The lowest BCUT2D eigenvalue weighted by Crippen LogP contribution is -2.27. The third-order valence-electron chi connectivity index (χ3n) is 2.85. The molecule has 1 heterocycles. The number of nitrogens with zero attached hydrogens (tertiary/aromatic N) is 1. The van der Waals surface area contributed by atoms with E-state index < -0.39 is 0 Å². The molecule has 1 saturated heterocycles. The van der Waals surface area contributed by atoms with Crippen molar-refractivity contribution >= 4 is 0 Å². The summed E-state index contributed by atoms with van der Waals surface area (Å²) in [7, 11) is 2.06. The fraction of sp³-hybridized carbons (Fsp3) is 0.455. The smallest absolute Gasteiger partial charge is 0.123 e. The van der Waals surface area contributed by atoms with E-state index in [1.165, 1.54) is 12.1 Å². The zero-order valence-electron chi connectivity index (χ0n) is 8.28. The van der Waals surface area contributed by atoms with Crippen LogP contribution >= 0.6 is 0 Å². The Balaban J connectivity index is 2.19. The van der Waals surface area contributed by atoms with Gasteiger partial charge in [0.05, 0.1) is 0 Å². The van der Waals surface area contributed by atoms with Crippen LogP contribution in [0.4, 0.5) is 4.39 Å². The summed E-state index contributed by atoms with van der Waals surface area (Å²) in [5, 5.41) is 0. The molecule has 0 amide bonds. The van der Waals surface area contributed by atoms with E-state index in [0.29, 0.717) is 5.92 Å². The molecule has 2 atom stereocenters. The van der Waals surface area contributed by atoms with Crippen molar-refractivity contribution in [3.05, 3.63) is 35.6 Å². The number of nitrogens with two attached hydrogens (primary N) is 1. The minimum Gasteiger partial charge on any atom is -0.326 e. The first-order chi connectivity index (χ1) is 6.66. The standard InChI is InChI=1S/C11H15FN2/c1-14-6-10(11(13)7-14)8-2-4-9(12)5-3-8/h2-5,10-11H,6-7,13H2,1H3/t10-,11+/m1/s1. The SMILES string of the molecule is CN1C[C@H](c2ccc(F)cc2)[C@@H](N)C1. The van der Waals surface area contributed by atoms with E-state index in [4.69, 9.17) is 5.73 Å². The number of benzene rings is 1. The van der Waals surface area contributed by atoms with Crippen LogP contribution in [-0.2, 0) is 0 Å². The van der Waals surface area contributed by atoms with Gasteiger partial charge in [0.25, 0.3) is 0 Å². The summed E-state index contributed by atoms with van der Waals surface area (Å²) >= 11 is 0. The molecule has 1 aliphatic rings. The molecule has 0 radical (unpaired) electrons. The Morgan fingerprint density at radius 3 is 2.43 bits per heavy atom. The Morgan fingerprint density at radius 1 is 1.29 bits per heavy atom. The molecule has 0 bridgehead atoms. The predicted molar refractivity (Wildman–Crippen MR) is 54.6 cm³/mol. The van der Waals surface area contributed by atoms with Crippen molar-refractivity contribution in [1.82, 2.24) is 4.90 Å². The van der Waals surface area contributed by atoms with Crippen LogP contribution in [0, 0.1) is 5.82 Å². The van der Waals surface area contributed by atoms with Crippen molar-refractivity contribution < 1.29 is 4.39 Å². The summed E-state index contributed by atoms with van der Waals surface area (Å²) in [6.07, 6.45) is 0. The molecule has 0 saturated carbocycles. The fourth-order valence-corrected chi connectivity index (χ4v) is 2.10. The van der Waals surface area contributed by atoms with Gasteiger partial charge in [-0.25, -0.2) is 4.39 Å². The number of rotatable bonds is 1. The Morgan fingerprint density at radius 2 is 1.93 bits per heavy atom. The quantitative estimate of drug-likeness (QED) is 0.727. The molecule has 1 aromatic rings. The van der Waals surface area contributed by atoms with Crippen molar-refractivity contribution in [2.24, 2.45) is 5.73 Å². The molecule has 2 N–H and O–H groups in total. The van der Waals surface area contributed by atoms with Crippen molar-refractivity contribution in [2.75, 3.05) is 20.1 Å². The van der Waals surface area contributed by atoms with Gasteiger partial charge >= 0.3 is 0 Å². The highest BCUT2D eigenvalue weighted by atomic mass is 19.1. The molecular formula is C11H15FN2. The van der Waals surface area contributed by atoms with Gasteiger partial charge < -0.3 is 10.6 Å². The van der Waals surface area contributed by atoms with Crippen LogP contribution in [0.5, 0.6) is 0 Å². The van der Waals surface area contributed by atoms with Gasteiger partial charge in [0, 0.05) is 25.0 Å². The lowest BCUT2D eigenvalue weighted by molar-refractivity contribution is 0.407. The highest BCUT2D eigenvalue weighted by Gasteiger charge is 2.28. The molecule has 0 aromatic heterocycles. The summed E-state index contributed by atoms with van der Waals surface area (Å²) < 4.78 is 12.7. The van der Waals surface area contributed by atoms with Crippen LogP contribution in [0.25, 0.3) is 0 Å². The molecule has 1 aliphatic heterocycles. The Labute approximate surface area is 83.5 Å². The van der Waals surface area contributed by atoms with Gasteiger partial charge in [-0.2, -0.15) is 0 Å². The molecular weight excluding hydrogens is 179 g/mol. The van der Waals surface area contributed by atoms with Gasteiger partial charge in [0.1, 0.15) is 5.82 Å². The Kier molecular flexibility index (Phi) is 2.52. The summed E-state index contributed by atoms with van der Waals surface area (Å²) in [5.41, 5.74) is 7.15. The van der Waals surface area contributed by atoms with Crippen molar-refractivity contribution in [3.63, 3.8) is 0 Å². The number of likely N-dealkylation sites (tertiary alicyclic amines) is 1. The number of hydrogen-bond acceptors (Lipinski definition) is 2. The molecule has 76 valence electrons. The molecule has 0 unspecified atom stereocenters. The van der Waals surface area contributed by atoms with Crippen LogP contribution in [0.15, 0.2) is 24.3 Å². The van der Waals surface area contributed by atoms with E-state index in [9.17, 15) is 4.39 Å². The largest absolute Gasteiger partial charge is 0.326 e. The van der Waals surface area contributed by atoms with E-state index in [1.807, 2.05) is 12.1 Å². The van der Waals surface area contributed by atoms with Gasteiger partial charge in [0.2, 0.25) is 0 Å². The van der Waals surface area contributed by atoms with Crippen LogP contribution < -0.4 is 5.73 Å². The molecule has 3 heteroatoms. The van der Waals surface area contributed by atoms with Crippen molar-refractivity contribution in [3.8, 4) is 0 Å². The molecule has 2 rings (SSSR count). The number of halogens is 1. The minimum absolute atomic E-state index is 0.172. The number of hydrogen-bond donors (Lipinski definition) is 1. The highest BCUT2D eigenvalue weighted by molar-refractivity contribution is 5.24. The lowest BCUT2D eigenvalue weighted by atomic mass is 9.95. The van der Waals surface area contributed by atoms with E-state index in [0.717, 1.165) is 18.7 Å². The third kappa shape index (κ3) is 1.79. The maximum absolute atomic E-state index is 12.7. The van der Waals surface area contributed by atoms with Crippen LogP contribution in [0.3, 0.4) is 0 Å². The van der Waals surface area contributed by atoms with Crippen molar-refractivity contribution in [1.29, 1.82) is 0 Å². The monoisotopic (exact) mass is 194 g/mol. The second kappa shape index (κ2) is 3.67. The summed E-state index contributed by atoms with van der Waals surface area (Å²) in [4.78, 5) is 2.21. The van der Waals surface area contributed by atoms with Gasteiger partial charge in [-0.1, -0.05) is 12.1 Å². The first kappa shape index (κ1) is 9.62. The zero-order valence-corrected chi connectivity index (χ0v) is 8.28. The maximum atomic E-state index is 12.7. The minimum atomic E-state index is -0.186. The van der Waals surface area contributed by atoms with Crippen molar-refractivity contribution in [2.45, 2.75) is 12.0 Å². The topological polar surface area (TPSA) is 29.3 Å². The molecule has 0 spiro atoms.